The normalized spacial score (nSPS) is 21.1. The minimum atomic E-state index is -0.170. The van der Waals surface area contributed by atoms with Crippen molar-refractivity contribution in [2.75, 3.05) is 31.1 Å². The van der Waals surface area contributed by atoms with Crippen LogP contribution in [0.5, 0.6) is 0 Å². The number of benzene rings is 1. The zero-order valence-corrected chi connectivity index (χ0v) is 9.23. The minimum absolute atomic E-state index is 0.123. The number of nitrogens with two attached hydrogens (primary N) is 1. The van der Waals surface area contributed by atoms with E-state index < -0.39 is 0 Å². The smallest absolute Gasteiger partial charge is 0.146 e. The summed E-state index contributed by atoms with van der Waals surface area (Å²) in [4.78, 5) is 2.03. The Morgan fingerprint density at radius 1 is 1.44 bits per heavy atom. The maximum atomic E-state index is 13.6. The number of hydrogen-bond acceptors (Lipinski definition) is 3. The van der Waals surface area contributed by atoms with Crippen LogP contribution in [-0.2, 0) is 4.74 Å². The highest BCUT2D eigenvalue weighted by Crippen LogP contribution is 2.21. The van der Waals surface area contributed by atoms with Gasteiger partial charge in [-0.3, -0.25) is 0 Å². The van der Waals surface area contributed by atoms with Gasteiger partial charge in [0.25, 0.3) is 0 Å². The summed E-state index contributed by atoms with van der Waals surface area (Å²) in [6, 6.07) is 6.85. The van der Waals surface area contributed by atoms with E-state index in [2.05, 4.69) is 0 Å². The maximum absolute atomic E-state index is 13.6. The number of nitrogens with zero attached hydrogens (tertiary/aromatic N) is 1. The van der Waals surface area contributed by atoms with E-state index in [1.165, 1.54) is 6.07 Å². The van der Waals surface area contributed by atoms with Crippen molar-refractivity contribution in [1.82, 2.24) is 0 Å². The number of anilines is 1. The second-order valence-corrected chi connectivity index (χ2v) is 3.97. The van der Waals surface area contributed by atoms with Gasteiger partial charge in [0.05, 0.1) is 18.4 Å². The summed E-state index contributed by atoms with van der Waals surface area (Å²) in [6.45, 7) is 2.70. The molecular weight excluding hydrogens is 207 g/mol. The van der Waals surface area contributed by atoms with Crippen LogP contribution >= 0.6 is 0 Å². The van der Waals surface area contributed by atoms with Crippen molar-refractivity contribution in [1.29, 1.82) is 0 Å². The first-order valence-electron chi connectivity index (χ1n) is 5.62. The van der Waals surface area contributed by atoms with Crippen LogP contribution in [0.1, 0.15) is 6.42 Å². The Kier molecular flexibility index (Phi) is 3.74. The van der Waals surface area contributed by atoms with Crippen molar-refractivity contribution in [3.63, 3.8) is 0 Å². The van der Waals surface area contributed by atoms with Crippen molar-refractivity contribution < 1.29 is 9.13 Å². The summed E-state index contributed by atoms with van der Waals surface area (Å²) in [5.74, 6) is -0.170. The van der Waals surface area contributed by atoms with Gasteiger partial charge in [-0.1, -0.05) is 12.1 Å². The number of para-hydroxylation sites is 1. The lowest BCUT2D eigenvalue weighted by Crippen LogP contribution is -2.43. The Morgan fingerprint density at radius 3 is 3.00 bits per heavy atom. The molecule has 4 heteroatoms. The fourth-order valence-electron chi connectivity index (χ4n) is 2.01. The van der Waals surface area contributed by atoms with Gasteiger partial charge in [0.1, 0.15) is 5.82 Å². The second kappa shape index (κ2) is 5.27. The van der Waals surface area contributed by atoms with Crippen molar-refractivity contribution in [3.8, 4) is 0 Å². The molecule has 1 atom stereocenters. The van der Waals surface area contributed by atoms with Gasteiger partial charge in [-0.2, -0.15) is 0 Å². The van der Waals surface area contributed by atoms with Gasteiger partial charge >= 0.3 is 0 Å². The zero-order valence-electron chi connectivity index (χ0n) is 9.23. The van der Waals surface area contributed by atoms with Crippen LogP contribution in [0.4, 0.5) is 10.1 Å². The first-order valence-corrected chi connectivity index (χ1v) is 5.62. The van der Waals surface area contributed by atoms with Crippen LogP contribution in [0.25, 0.3) is 0 Å². The number of morpholine rings is 1. The Morgan fingerprint density at radius 2 is 2.25 bits per heavy atom. The van der Waals surface area contributed by atoms with Crippen LogP contribution in [0, 0.1) is 5.82 Å². The Hall–Kier alpha value is -1.13. The molecule has 1 saturated heterocycles. The molecule has 1 aliphatic heterocycles. The van der Waals surface area contributed by atoms with Crippen LogP contribution in [-0.4, -0.2) is 32.3 Å². The van der Waals surface area contributed by atoms with E-state index in [-0.39, 0.29) is 11.9 Å². The lowest BCUT2D eigenvalue weighted by Gasteiger charge is -2.34. The van der Waals surface area contributed by atoms with Gasteiger partial charge in [0.15, 0.2) is 0 Å². The van der Waals surface area contributed by atoms with E-state index >= 15 is 0 Å². The molecule has 88 valence electrons. The first kappa shape index (κ1) is 11.4. The summed E-state index contributed by atoms with van der Waals surface area (Å²) < 4.78 is 19.1. The quantitative estimate of drug-likeness (QED) is 0.843. The average Bonchev–Trinajstić information content (AvgIpc) is 2.30. The van der Waals surface area contributed by atoms with Crippen molar-refractivity contribution >= 4 is 5.69 Å². The van der Waals surface area contributed by atoms with Gasteiger partial charge < -0.3 is 15.4 Å². The van der Waals surface area contributed by atoms with Crippen LogP contribution in [0.3, 0.4) is 0 Å². The highest BCUT2D eigenvalue weighted by atomic mass is 19.1. The monoisotopic (exact) mass is 224 g/mol. The topological polar surface area (TPSA) is 38.5 Å². The molecule has 0 spiro atoms. The molecular formula is C12H17FN2O. The van der Waals surface area contributed by atoms with E-state index in [0.29, 0.717) is 18.8 Å². The number of ether oxygens (including phenoxy) is 1. The zero-order chi connectivity index (χ0) is 11.4. The summed E-state index contributed by atoms with van der Waals surface area (Å²) in [5.41, 5.74) is 6.16. The molecule has 0 amide bonds. The molecule has 1 aromatic carbocycles. The summed E-state index contributed by atoms with van der Waals surface area (Å²) in [5, 5.41) is 0. The van der Waals surface area contributed by atoms with Crippen molar-refractivity contribution in [2.24, 2.45) is 5.73 Å². The molecule has 3 nitrogen and oxygen atoms in total. The molecule has 0 radical (unpaired) electrons. The molecule has 1 aromatic rings. The third-order valence-electron chi connectivity index (χ3n) is 2.82. The predicted molar refractivity (Wildman–Crippen MR) is 62.0 cm³/mol. The summed E-state index contributed by atoms with van der Waals surface area (Å²) >= 11 is 0. The average molecular weight is 224 g/mol. The number of rotatable bonds is 3. The molecule has 1 fully saturated rings. The van der Waals surface area contributed by atoms with Gasteiger partial charge in [-0.15, -0.1) is 0 Å². The molecule has 0 aromatic heterocycles. The lowest BCUT2D eigenvalue weighted by atomic mass is 10.2. The van der Waals surface area contributed by atoms with Gasteiger partial charge in [0, 0.05) is 13.1 Å². The van der Waals surface area contributed by atoms with E-state index in [1.807, 2.05) is 11.0 Å². The standard InChI is InChI=1S/C12H17FN2O/c13-11-3-1-2-4-12(11)15-7-8-16-10(9-15)5-6-14/h1-4,10H,5-9,14H2. The summed E-state index contributed by atoms with van der Waals surface area (Å²) in [7, 11) is 0. The SMILES string of the molecule is NCCC1CN(c2ccccc2F)CCO1. The van der Waals surface area contributed by atoms with Crippen LogP contribution < -0.4 is 10.6 Å². The highest BCUT2D eigenvalue weighted by molar-refractivity contribution is 5.48. The minimum Gasteiger partial charge on any atom is -0.374 e. The molecule has 0 saturated carbocycles. The van der Waals surface area contributed by atoms with Gasteiger partial charge in [-0.05, 0) is 25.1 Å². The molecule has 0 bridgehead atoms. The van der Waals surface area contributed by atoms with Crippen LogP contribution in [0.15, 0.2) is 24.3 Å². The van der Waals surface area contributed by atoms with Crippen molar-refractivity contribution in [3.05, 3.63) is 30.1 Å². The number of hydrogen-bond donors (Lipinski definition) is 1. The van der Waals surface area contributed by atoms with Gasteiger partial charge in [0.2, 0.25) is 0 Å². The Balaban J connectivity index is 2.07. The van der Waals surface area contributed by atoms with E-state index in [4.69, 9.17) is 10.5 Å². The summed E-state index contributed by atoms with van der Waals surface area (Å²) in [6.07, 6.45) is 0.948. The molecule has 2 rings (SSSR count). The van der Waals surface area contributed by atoms with Crippen molar-refractivity contribution in [2.45, 2.75) is 12.5 Å². The fourth-order valence-corrected chi connectivity index (χ4v) is 2.01. The first-order chi connectivity index (χ1) is 7.81. The third kappa shape index (κ3) is 2.51. The molecule has 1 aliphatic rings. The molecule has 2 N–H and O–H groups in total. The fraction of sp³-hybridized carbons (Fsp3) is 0.500. The number of halogens is 1. The van der Waals surface area contributed by atoms with Gasteiger partial charge in [-0.25, -0.2) is 4.39 Å². The van der Waals surface area contributed by atoms with E-state index in [9.17, 15) is 4.39 Å². The highest BCUT2D eigenvalue weighted by Gasteiger charge is 2.21. The molecule has 16 heavy (non-hydrogen) atoms. The largest absolute Gasteiger partial charge is 0.374 e. The maximum Gasteiger partial charge on any atom is 0.146 e. The molecule has 1 heterocycles. The second-order valence-electron chi connectivity index (χ2n) is 3.97. The third-order valence-corrected chi connectivity index (χ3v) is 2.82. The lowest BCUT2D eigenvalue weighted by molar-refractivity contribution is 0.0367. The Bertz CT molecular complexity index is 344. The van der Waals surface area contributed by atoms with E-state index in [1.54, 1.807) is 12.1 Å². The predicted octanol–water partition coefficient (Wildman–Crippen LogP) is 1.38. The van der Waals surface area contributed by atoms with E-state index in [0.717, 1.165) is 19.5 Å². The Labute approximate surface area is 95.0 Å². The van der Waals surface area contributed by atoms with Crippen LogP contribution in [0.2, 0.25) is 0 Å². The molecule has 0 aliphatic carbocycles. The molecule has 1 unspecified atom stereocenters.